The van der Waals surface area contributed by atoms with E-state index in [0.717, 1.165) is 13.0 Å². The van der Waals surface area contributed by atoms with Gasteiger partial charge in [-0.15, -0.1) is 11.3 Å². The van der Waals surface area contributed by atoms with Gasteiger partial charge in [-0.05, 0) is 48.6 Å². The second-order valence-electron chi connectivity index (χ2n) is 5.89. The summed E-state index contributed by atoms with van der Waals surface area (Å²) >= 11 is 1.92. The molecule has 0 radical (unpaired) electrons. The maximum atomic E-state index is 3.63. The molecule has 114 valence electrons. The first kappa shape index (κ1) is 16.3. The molecule has 0 amide bonds. The topological polar surface area (TPSA) is 12.0 Å². The molecule has 0 fully saturated rings. The van der Waals surface area contributed by atoms with Crippen molar-refractivity contribution >= 4 is 11.3 Å². The Morgan fingerprint density at radius 1 is 1.00 bits per heavy atom. The maximum Gasteiger partial charge on any atom is 0.0412 e. The van der Waals surface area contributed by atoms with E-state index in [1.807, 2.05) is 11.3 Å². The number of hydrogen-bond donors (Lipinski definition) is 1. The van der Waals surface area contributed by atoms with Crippen molar-refractivity contribution in [3.63, 3.8) is 0 Å². The molecule has 2 heteroatoms. The second kappa shape index (κ2) is 7.77. The third kappa shape index (κ3) is 4.18. The molecule has 1 aromatic carbocycles. The number of benzene rings is 1. The molecule has 1 unspecified atom stereocenters. The van der Waals surface area contributed by atoms with Gasteiger partial charge in [0.05, 0.1) is 0 Å². The summed E-state index contributed by atoms with van der Waals surface area (Å²) in [6, 6.07) is 14.1. The fraction of sp³-hybridized carbons (Fsp3) is 0.474. The average Bonchev–Trinajstić information content (AvgIpc) is 2.98. The summed E-state index contributed by atoms with van der Waals surface area (Å²) in [4.78, 5) is 2.82. The zero-order chi connectivity index (χ0) is 15.2. The van der Waals surface area contributed by atoms with Crippen LogP contribution in [0, 0.1) is 0 Å². The molecular weight excluding hydrogens is 274 g/mol. The Balaban J connectivity index is 2.14. The molecule has 0 saturated heterocycles. The summed E-state index contributed by atoms with van der Waals surface area (Å²) in [5.41, 5.74) is 2.74. The summed E-state index contributed by atoms with van der Waals surface area (Å²) in [5, 5.41) is 3.63. The lowest BCUT2D eigenvalue weighted by molar-refractivity contribution is 0.525. The van der Waals surface area contributed by atoms with E-state index in [1.165, 1.54) is 27.3 Å². The molecule has 0 saturated carbocycles. The van der Waals surface area contributed by atoms with E-state index >= 15 is 0 Å². The fourth-order valence-electron chi connectivity index (χ4n) is 2.49. The first-order valence-electron chi connectivity index (χ1n) is 8.09. The van der Waals surface area contributed by atoms with Crippen LogP contribution in [0.25, 0.3) is 10.4 Å². The van der Waals surface area contributed by atoms with E-state index in [-0.39, 0.29) is 0 Å². The lowest BCUT2D eigenvalue weighted by Gasteiger charge is -2.14. The smallest absolute Gasteiger partial charge is 0.0412 e. The Bertz CT molecular complexity index is 539. The quantitative estimate of drug-likeness (QED) is 0.662. The zero-order valence-electron chi connectivity index (χ0n) is 13.6. The fourth-order valence-corrected chi connectivity index (χ4v) is 3.66. The maximum absolute atomic E-state index is 3.63. The molecule has 0 spiro atoms. The Hall–Kier alpha value is -1.12. The third-order valence-corrected chi connectivity index (χ3v) is 5.13. The van der Waals surface area contributed by atoms with Crippen LogP contribution in [0.3, 0.4) is 0 Å². The molecule has 0 aliphatic rings. The van der Waals surface area contributed by atoms with Crippen molar-refractivity contribution in [1.82, 2.24) is 5.32 Å². The van der Waals surface area contributed by atoms with Crippen LogP contribution < -0.4 is 5.32 Å². The van der Waals surface area contributed by atoms with Crippen LogP contribution in [-0.2, 0) is 0 Å². The summed E-state index contributed by atoms with van der Waals surface area (Å²) in [7, 11) is 0. The molecule has 21 heavy (non-hydrogen) atoms. The van der Waals surface area contributed by atoms with Gasteiger partial charge in [0, 0.05) is 15.8 Å². The van der Waals surface area contributed by atoms with E-state index in [0.29, 0.717) is 12.0 Å². The highest BCUT2D eigenvalue weighted by Crippen LogP contribution is 2.33. The van der Waals surface area contributed by atoms with Gasteiger partial charge in [0.1, 0.15) is 0 Å². The summed E-state index contributed by atoms with van der Waals surface area (Å²) in [6.07, 6.45) is 2.33. The minimum atomic E-state index is 0.499. The van der Waals surface area contributed by atoms with Crippen LogP contribution in [0.15, 0.2) is 36.4 Å². The standard InChI is InChI=1S/C19H27NS/c1-5-13-20-17(6-2)19-12-11-18(21-19)16-9-7-15(8-10-16)14(3)4/h7-12,14,17,20H,5-6,13H2,1-4H3. The van der Waals surface area contributed by atoms with Crippen molar-refractivity contribution in [1.29, 1.82) is 0 Å². The van der Waals surface area contributed by atoms with Gasteiger partial charge in [-0.3, -0.25) is 0 Å². The Morgan fingerprint density at radius 2 is 1.71 bits per heavy atom. The molecule has 2 aromatic rings. The van der Waals surface area contributed by atoms with E-state index in [2.05, 4.69) is 69.4 Å². The molecule has 2 rings (SSSR count). The Morgan fingerprint density at radius 3 is 2.29 bits per heavy atom. The van der Waals surface area contributed by atoms with Crippen LogP contribution in [0.2, 0.25) is 0 Å². The highest BCUT2D eigenvalue weighted by molar-refractivity contribution is 7.15. The lowest BCUT2D eigenvalue weighted by Crippen LogP contribution is -2.20. The first-order chi connectivity index (χ1) is 10.2. The number of rotatable bonds is 7. The largest absolute Gasteiger partial charge is 0.309 e. The SMILES string of the molecule is CCCNC(CC)c1ccc(-c2ccc(C(C)C)cc2)s1. The number of thiophene rings is 1. The molecule has 1 aromatic heterocycles. The van der Waals surface area contributed by atoms with Gasteiger partial charge in [0.15, 0.2) is 0 Å². The van der Waals surface area contributed by atoms with Crippen LogP contribution in [0.1, 0.15) is 62.9 Å². The highest BCUT2D eigenvalue weighted by atomic mass is 32.1. The molecule has 1 heterocycles. The van der Waals surface area contributed by atoms with Gasteiger partial charge in [-0.1, -0.05) is 52.0 Å². The normalized spacial score (nSPS) is 12.8. The number of nitrogens with one attached hydrogen (secondary N) is 1. The predicted molar refractivity (Wildman–Crippen MR) is 95.2 cm³/mol. The van der Waals surface area contributed by atoms with Crippen molar-refractivity contribution in [2.24, 2.45) is 0 Å². The molecule has 0 aliphatic heterocycles. The van der Waals surface area contributed by atoms with Crippen LogP contribution in [-0.4, -0.2) is 6.54 Å². The predicted octanol–water partition coefficient (Wildman–Crippen LogP) is 5.99. The minimum absolute atomic E-state index is 0.499. The van der Waals surface area contributed by atoms with E-state index in [1.54, 1.807) is 0 Å². The molecule has 0 aliphatic carbocycles. The molecule has 1 atom stereocenters. The monoisotopic (exact) mass is 301 g/mol. The van der Waals surface area contributed by atoms with Crippen molar-refractivity contribution < 1.29 is 0 Å². The summed E-state index contributed by atoms with van der Waals surface area (Å²) in [5.74, 6) is 0.598. The molecule has 0 bridgehead atoms. The lowest BCUT2D eigenvalue weighted by atomic mass is 10.0. The molecular formula is C19H27NS. The molecule has 1 N–H and O–H groups in total. The number of hydrogen-bond acceptors (Lipinski definition) is 2. The summed E-state index contributed by atoms with van der Waals surface area (Å²) < 4.78 is 0. The Kier molecular flexibility index (Phi) is 6.01. The van der Waals surface area contributed by atoms with Gasteiger partial charge >= 0.3 is 0 Å². The van der Waals surface area contributed by atoms with E-state index in [9.17, 15) is 0 Å². The Labute approximate surface area is 133 Å². The van der Waals surface area contributed by atoms with Crippen LogP contribution in [0.5, 0.6) is 0 Å². The zero-order valence-corrected chi connectivity index (χ0v) is 14.5. The van der Waals surface area contributed by atoms with Gasteiger partial charge in [-0.2, -0.15) is 0 Å². The van der Waals surface area contributed by atoms with Crippen molar-refractivity contribution in [2.45, 2.75) is 52.5 Å². The van der Waals surface area contributed by atoms with Crippen molar-refractivity contribution in [2.75, 3.05) is 6.54 Å². The third-order valence-electron chi connectivity index (χ3n) is 3.88. The van der Waals surface area contributed by atoms with Gasteiger partial charge in [0.25, 0.3) is 0 Å². The minimum Gasteiger partial charge on any atom is -0.309 e. The average molecular weight is 301 g/mol. The van der Waals surface area contributed by atoms with E-state index < -0.39 is 0 Å². The highest BCUT2D eigenvalue weighted by Gasteiger charge is 2.12. The van der Waals surface area contributed by atoms with E-state index in [4.69, 9.17) is 0 Å². The van der Waals surface area contributed by atoms with Crippen LogP contribution in [0.4, 0.5) is 0 Å². The first-order valence-corrected chi connectivity index (χ1v) is 8.90. The summed E-state index contributed by atoms with van der Waals surface area (Å²) in [6.45, 7) is 10.0. The van der Waals surface area contributed by atoms with Crippen molar-refractivity contribution in [3.05, 3.63) is 46.8 Å². The molecule has 1 nitrogen and oxygen atoms in total. The van der Waals surface area contributed by atoms with Gasteiger partial charge in [0.2, 0.25) is 0 Å². The van der Waals surface area contributed by atoms with Crippen LogP contribution >= 0.6 is 11.3 Å². The van der Waals surface area contributed by atoms with Gasteiger partial charge in [-0.25, -0.2) is 0 Å². The van der Waals surface area contributed by atoms with Gasteiger partial charge < -0.3 is 5.32 Å². The van der Waals surface area contributed by atoms with Crippen molar-refractivity contribution in [3.8, 4) is 10.4 Å². The second-order valence-corrected chi connectivity index (χ2v) is 7.01.